The Morgan fingerprint density at radius 3 is 2.93 bits per heavy atom. The molecule has 0 aliphatic heterocycles. The number of benzene rings is 1. The number of rotatable bonds is 3. The fraction of sp³-hybridized carbons (Fsp3) is 0.182. The average Bonchev–Trinajstić information content (AvgIpc) is 2.57. The molecule has 1 heterocycles. The number of aryl methyl sites for hydroxylation is 1. The van der Waals surface area contributed by atoms with Crippen molar-refractivity contribution < 1.29 is 9.18 Å². The first-order valence-electron chi connectivity index (χ1n) is 4.69. The predicted octanol–water partition coefficient (Wildman–Crippen LogP) is 1.66. The molecule has 1 amide bonds. The van der Waals surface area contributed by atoms with Gasteiger partial charge < -0.3 is 10.3 Å². The smallest absolute Gasteiger partial charge is 0.219 e. The summed E-state index contributed by atoms with van der Waals surface area (Å²) >= 11 is 0. The zero-order valence-electron chi connectivity index (χ0n) is 8.11. The van der Waals surface area contributed by atoms with E-state index in [1.165, 1.54) is 12.1 Å². The third-order valence-electron chi connectivity index (χ3n) is 2.34. The number of nitrogens with two attached hydrogens (primary N) is 1. The number of carbonyl (C=O) groups is 1. The first-order valence-corrected chi connectivity index (χ1v) is 4.69. The summed E-state index contributed by atoms with van der Waals surface area (Å²) in [6.07, 6.45) is 2.09. The topological polar surface area (TPSA) is 48.0 Å². The second kappa shape index (κ2) is 3.73. The molecule has 0 saturated carbocycles. The fourth-order valence-electron chi connectivity index (χ4n) is 1.58. The highest BCUT2D eigenvalue weighted by Crippen LogP contribution is 2.17. The summed E-state index contributed by atoms with van der Waals surface area (Å²) < 4.78 is 14.8. The Bertz CT molecular complexity index is 504. The highest BCUT2D eigenvalue weighted by molar-refractivity contribution is 5.80. The molecule has 2 rings (SSSR count). The fourth-order valence-corrected chi connectivity index (χ4v) is 1.58. The number of hydrogen-bond donors (Lipinski definition) is 1. The number of halogens is 1. The standard InChI is InChI=1S/C11H11FN2O/c12-9-2-1-8-3-5-14(10(8)7-9)6-4-11(13)15/h1-3,5,7H,4,6H2,(H2,13,15). The van der Waals surface area contributed by atoms with Crippen molar-refractivity contribution in [1.29, 1.82) is 0 Å². The van der Waals surface area contributed by atoms with E-state index in [-0.39, 0.29) is 18.1 Å². The van der Waals surface area contributed by atoms with Crippen LogP contribution in [0.5, 0.6) is 0 Å². The van der Waals surface area contributed by atoms with Crippen LogP contribution in [0.2, 0.25) is 0 Å². The number of fused-ring (bicyclic) bond motifs is 1. The lowest BCUT2D eigenvalue weighted by molar-refractivity contribution is -0.118. The van der Waals surface area contributed by atoms with E-state index in [2.05, 4.69) is 0 Å². The van der Waals surface area contributed by atoms with E-state index in [1.807, 2.05) is 16.8 Å². The van der Waals surface area contributed by atoms with Gasteiger partial charge in [0, 0.05) is 19.2 Å². The molecule has 0 unspecified atom stereocenters. The van der Waals surface area contributed by atoms with E-state index in [9.17, 15) is 9.18 Å². The predicted molar refractivity (Wildman–Crippen MR) is 55.7 cm³/mol. The summed E-state index contributed by atoms with van der Waals surface area (Å²) in [5.74, 6) is -0.630. The zero-order chi connectivity index (χ0) is 10.8. The van der Waals surface area contributed by atoms with Gasteiger partial charge in [0.2, 0.25) is 5.91 Å². The molecule has 0 fully saturated rings. The molecule has 4 heteroatoms. The number of amides is 1. The summed E-state index contributed by atoms with van der Waals surface area (Å²) in [6, 6.07) is 6.47. The van der Waals surface area contributed by atoms with Gasteiger partial charge in [-0.15, -0.1) is 0 Å². The summed E-state index contributed by atoms with van der Waals surface area (Å²) in [6.45, 7) is 0.488. The van der Waals surface area contributed by atoms with Crippen LogP contribution in [0.25, 0.3) is 10.9 Å². The van der Waals surface area contributed by atoms with Crippen LogP contribution in [-0.2, 0) is 11.3 Å². The van der Waals surface area contributed by atoms with Crippen molar-refractivity contribution >= 4 is 16.8 Å². The molecule has 78 valence electrons. The molecule has 1 aromatic heterocycles. The minimum Gasteiger partial charge on any atom is -0.370 e. The summed E-state index contributed by atoms with van der Waals surface area (Å²) in [4.78, 5) is 10.6. The molecule has 0 aliphatic rings. The van der Waals surface area contributed by atoms with Crippen molar-refractivity contribution in [2.45, 2.75) is 13.0 Å². The largest absolute Gasteiger partial charge is 0.370 e. The molecule has 0 aliphatic carbocycles. The van der Waals surface area contributed by atoms with E-state index < -0.39 is 0 Å². The van der Waals surface area contributed by atoms with Crippen LogP contribution in [0.1, 0.15) is 6.42 Å². The van der Waals surface area contributed by atoms with Crippen LogP contribution in [0.4, 0.5) is 4.39 Å². The highest BCUT2D eigenvalue weighted by Gasteiger charge is 2.03. The first-order chi connectivity index (χ1) is 7.16. The molecule has 1 aromatic carbocycles. The van der Waals surface area contributed by atoms with Crippen LogP contribution >= 0.6 is 0 Å². The van der Waals surface area contributed by atoms with Crippen LogP contribution in [0.15, 0.2) is 30.5 Å². The number of nitrogens with zero attached hydrogens (tertiary/aromatic N) is 1. The molecule has 3 nitrogen and oxygen atoms in total. The van der Waals surface area contributed by atoms with Gasteiger partial charge in [-0.1, -0.05) is 0 Å². The van der Waals surface area contributed by atoms with E-state index in [1.54, 1.807) is 6.07 Å². The maximum absolute atomic E-state index is 13.0. The van der Waals surface area contributed by atoms with Gasteiger partial charge in [-0.25, -0.2) is 4.39 Å². The van der Waals surface area contributed by atoms with Gasteiger partial charge >= 0.3 is 0 Å². The monoisotopic (exact) mass is 206 g/mol. The number of aromatic nitrogens is 1. The average molecular weight is 206 g/mol. The maximum atomic E-state index is 13.0. The van der Waals surface area contributed by atoms with Crippen molar-refractivity contribution in [2.75, 3.05) is 0 Å². The second-order valence-electron chi connectivity index (χ2n) is 3.43. The molecule has 2 aromatic rings. The second-order valence-corrected chi connectivity index (χ2v) is 3.43. The Morgan fingerprint density at radius 1 is 1.40 bits per heavy atom. The SMILES string of the molecule is NC(=O)CCn1ccc2ccc(F)cc21. The van der Waals surface area contributed by atoms with Crippen molar-refractivity contribution in [3.8, 4) is 0 Å². The molecule has 0 atom stereocenters. The van der Waals surface area contributed by atoms with Gasteiger partial charge in [-0.05, 0) is 29.7 Å². The lowest BCUT2D eigenvalue weighted by Gasteiger charge is -2.03. The van der Waals surface area contributed by atoms with Crippen LogP contribution in [-0.4, -0.2) is 10.5 Å². The number of hydrogen-bond acceptors (Lipinski definition) is 1. The number of carbonyl (C=O) groups excluding carboxylic acids is 1. The third-order valence-corrected chi connectivity index (χ3v) is 2.34. The lowest BCUT2D eigenvalue weighted by atomic mass is 10.2. The van der Waals surface area contributed by atoms with E-state index >= 15 is 0 Å². The molecule has 2 N–H and O–H groups in total. The normalized spacial score (nSPS) is 10.7. The van der Waals surface area contributed by atoms with Crippen LogP contribution in [0.3, 0.4) is 0 Å². The van der Waals surface area contributed by atoms with E-state index in [4.69, 9.17) is 5.73 Å². The van der Waals surface area contributed by atoms with Crippen molar-refractivity contribution in [1.82, 2.24) is 4.57 Å². The van der Waals surface area contributed by atoms with E-state index in [0.29, 0.717) is 6.54 Å². The molecule has 0 bridgehead atoms. The quantitative estimate of drug-likeness (QED) is 0.815. The zero-order valence-corrected chi connectivity index (χ0v) is 8.11. The van der Waals surface area contributed by atoms with Crippen molar-refractivity contribution in [3.63, 3.8) is 0 Å². The third kappa shape index (κ3) is 1.98. The maximum Gasteiger partial charge on any atom is 0.219 e. The van der Waals surface area contributed by atoms with Crippen LogP contribution in [0, 0.1) is 5.82 Å². The molecule has 0 spiro atoms. The molecule has 0 radical (unpaired) electrons. The first kappa shape index (κ1) is 9.71. The lowest BCUT2D eigenvalue weighted by Crippen LogP contribution is -2.13. The molecular formula is C11H11FN2O. The Labute approximate surface area is 86.3 Å². The van der Waals surface area contributed by atoms with E-state index in [0.717, 1.165) is 10.9 Å². The summed E-state index contributed by atoms with van der Waals surface area (Å²) in [5.41, 5.74) is 5.84. The Balaban J connectivity index is 2.35. The van der Waals surface area contributed by atoms with Gasteiger partial charge in [0.05, 0.1) is 5.52 Å². The van der Waals surface area contributed by atoms with Gasteiger partial charge in [0.1, 0.15) is 5.82 Å². The molecule has 0 saturated heterocycles. The summed E-state index contributed by atoms with van der Waals surface area (Å²) in [7, 11) is 0. The Hall–Kier alpha value is -1.84. The molecular weight excluding hydrogens is 195 g/mol. The minimum absolute atomic E-state index is 0.264. The van der Waals surface area contributed by atoms with Gasteiger partial charge in [0.25, 0.3) is 0 Å². The Kier molecular flexibility index (Phi) is 2.41. The highest BCUT2D eigenvalue weighted by atomic mass is 19.1. The van der Waals surface area contributed by atoms with Gasteiger partial charge in [-0.2, -0.15) is 0 Å². The Morgan fingerprint density at radius 2 is 2.20 bits per heavy atom. The van der Waals surface area contributed by atoms with Crippen LogP contribution < -0.4 is 5.73 Å². The van der Waals surface area contributed by atoms with Gasteiger partial charge in [-0.3, -0.25) is 4.79 Å². The summed E-state index contributed by atoms with van der Waals surface area (Å²) in [5, 5.41) is 0.959. The number of primary amides is 1. The van der Waals surface area contributed by atoms with Crippen molar-refractivity contribution in [3.05, 3.63) is 36.3 Å². The minimum atomic E-state index is -0.353. The van der Waals surface area contributed by atoms with Crippen molar-refractivity contribution in [2.24, 2.45) is 5.73 Å². The van der Waals surface area contributed by atoms with Gasteiger partial charge in [0.15, 0.2) is 0 Å². The molecule has 15 heavy (non-hydrogen) atoms.